The van der Waals surface area contributed by atoms with Gasteiger partial charge in [0.15, 0.2) is 11.5 Å². The van der Waals surface area contributed by atoms with E-state index in [0.717, 1.165) is 5.56 Å². The first-order chi connectivity index (χ1) is 12.5. The Labute approximate surface area is 156 Å². The van der Waals surface area contributed by atoms with Gasteiger partial charge in [0.1, 0.15) is 0 Å². The standard InChI is InChI=1S/C19H19ClN2O4/c1-10-5-6-11(20)7-13(10)22-19(23)12-9-21-14-8-15(24-2)17(25-3)18(26-4)16(12)14/h5-9,21H,1-4H3,(H,22,23). The first kappa shape index (κ1) is 17.9. The van der Waals surface area contributed by atoms with Gasteiger partial charge < -0.3 is 24.5 Å². The molecule has 2 aromatic carbocycles. The largest absolute Gasteiger partial charge is 0.493 e. The van der Waals surface area contributed by atoms with Gasteiger partial charge in [-0.15, -0.1) is 0 Å². The maximum Gasteiger partial charge on any atom is 0.257 e. The van der Waals surface area contributed by atoms with Gasteiger partial charge in [0.05, 0.1) is 37.8 Å². The molecule has 0 saturated heterocycles. The highest BCUT2D eigenvalue weighted by Gasteiger charge is 2.23. The van der Waals surface area contributed by atoms with Crippen molar-refractivity contribution in [1.29, 1.82) is 0 Å². The van der Waals surface area contributed by atoms with E-state index >= 15 is 0 Å². The molecule has 6 nitrogen and oxygen atoms in total. The van der Waals surface area contributed by atoms with Gasteiger partial charge in [0, 0.05) is 23.0 Å². The maximum atomic E-state index is 12.9. The van der Waals surface area contributed by atoms with Gasteiger partial charge in [-0.3, -0.25) is 4.79 Å². The van der Waals surface area contributed by atoms with Crippen LogP contribution in [0.3, 0.4) is 0 Å². The molecule has 136 valence electrons. The number of amides is 1. The Hall–Kier alpha value is -2.86. The monoisotopic (exact) mass is 374 g/mol. The Morgan fingerprint density at radius 3 is 2.46 bits per heavy atom. The minimum absolute atomic E-state index is 0.285. The topological polar surface area (TPSA) is 72.6 Å². The molecule has 0 aliphatic rings. The van der Waals surface area contributed by atoms with Crippen molar-refractivity contribution in [2.24, 2.45) is 0 Å². The summed E-state index contributed by atoms with van der Waals surface area (Å²) < 4.78 is 16.3. The molecule has 0 atom stereocenters. The lowest BCUT2D eigenvalue weighted by atomic mass is 10.1. The highest BCUT2D eigenvalue weighted by Crippen LogP contribution is 2.44. The van der Waals surface area contributed by atoms with Gasteiger partial charge in [-0.05, 0) is 24.6 Å². The van der Waals surface area contributed by atoms with E-state index in [1.807, 2.05) is 13.0 Å². The lowest BCUT2D eigenvalue weighted by Gasteiger charge is -2.14. The molecule has 3 rings (SSSR count). The predicted octanol–water partition coefficient (Wildman–Crippen LogP) is 4.41. The maximum absolute atomic E-state index is 12.9. The minimum atomic E-state index is -0.285. The number of aromatic nitrogens is 1. The van der Waals surface area contributed by atoms with Crippen LogP contribution in [0.2, 0.25) is 5.02 Å². The zero-order chi connectivity index (χ0) is 18.8. The average molecular weight is 375 g/mol. The van der Waals surface area contributed by atoms with Crippen LogP contribution in [0.15, 0.2) is 30.5 Å². The normalized spacial score (nSPS) is 10.7. The Bertz CT molecular complexity index is 981. The summed E-state index contributed by atoms with van der Waals surface area (Å²) in [5.74, 6) is 1.08. The van der Waals surface area contributed by atoms with Crippen molar-refractivity contribution in [3.8, 4) is 17.2 Å². The number of halogens is 1. The van der Waals surface area contributed by atoms with E-state index in [9.17, 15) is 4.79 Å². The third-order valence-electron chi connectivity index (χ3n) is 4.16. The van der Waals surface area contributed by atoms with Gasteiger partial charge in [0.2, 0.25) is 5.75 Å². The van der Waals surface area contributed by atoms with Crippen LogP contribution in [0.5, 0.6) is 17.2 Å². The number of hydrogen-bond donors (Lipinski definition) is 2. The first-order valence-electron chi connectivity index (χ1n) is 7.87. The van der Waals surface area contributed by atoms with Crippen LogP contribution < -0.4 is 19.5 Å². The second-order valence-electron chi connectivity index (χ2n) is 5.68. The number of carbonyl (C=O) groups excluding carboxylic acids is 1. The highest BCUT2D eigenvalue weighted by atomic mass is 35.5. The second-order valence-corrected chi connectivity index (χ2v) is 6.12. The number of anilines is 1. The van der Waals surface area contributed by atoms with Crippen LogP contribution in [-0.4, -0.2) is 32.2 Å². The molecule has 0 radical (unpaired) electrons. The zero-order valence-electron chi connectivity index (χ0n) is 14.9. The summed E-state index contributed by atoms with van der Waals surface area (Å²) in [4.78, 5) is 16.0. The summed E-state index contributed by atoms with van der Waals surface area (Å²) in [7, 11) is 4.59. The molecule has 26 heavy (non-hydrogen) atoms. The summed E-state index contributed by atoms with van der Waals surface area (Å²) in [6, 6.07) is 7.10. The lowest BCUT2D eigenvalue weighted by Crippen LogP contribution is -2.12. The van der Waals surface area contributed by atoms with Crippen LogP contribution in [-0.2, 0) is 0 Å². The number of aryl methyl sites for hydroxylation is 1. The van der Waals surface area contributed by atoms with Crippen LogP contribution in [0.25, 0.3) is 10.9 Å². The molecule has 0 aliphatic carbocycles. The number of methoxy groups -OCH3 is 3. The fraction of sp³-hybridized carbons (Fsp3) is 0.211. The number of nitrogens with one attached hydrogen (secondary N) is 2. The minimum Gasteiger partial charge on any atom is -0.493 e. The fourth-order valence-electron chi connectivity index (χ4n) is 2.86. The van der Waals surface area contributed by atoms with Gasteiger partial charge in [-0.25, -0.2) is 0 Å². The van der Waals surface area contributed by atoms with Crippen LogP contribution in [0.4, 0.5) is 5.69 Å². The molecular weight excluding hydrogens is 356 g/mol. The number of ether oxygens (including phenoxy) is 3. The fourth-order valence-corrected chi connectivity index (χ4v) is 3.03. The molecule has 7 heteroatoms. The number of fused-ring (bicyclic) bond motifs is 1. The molecule has 1 amide bonds. The van der Waals surface area contributed by atoms with Crippen molar-refractivity contribution < 1.29 is 19.0 Å². The van der Waals surface area contributed by atoms with Crippen molar-refractivity contribution in [3.05, 3.63) is 46.6 Å². The number of carbonyl (C=O) groups is 1. The van der Waals surface area contributed by atoms with Crippen molar-refractivity contribution in [2.75, 3.05) is 26.6 Å². The molecule has 0 saturated carbocycles. The van der Waals surface area contributed by atoms with Crippen molar-refractivity contribution >= 4 is 34.1 Å². The van der Waals surface area contributed by atoms with E-state index in [0.29, 0.717) is 44.4 Å². The summed E-state index contributed by atoms with van der Waals surface area (Å²) in [5, 5.41) is 4.06. The molecular formula is C19H19ClN2O4. The predicted molar refractivity (Wildman–Crippen MR) is 102 cm³/mol. The Kier molecular flexibility index (Phi) is 4.95. The first-order valence-corrected chi connectivity index (χ1v) is 8.25. The molecule has 0 bridgehead atoms. The smallest absolute Gasteiger partial charge is 0.257 e. The quantitative estimate of drug-likeness (QED) is 0.694. The molecule has 0 unspecified atom stereocenters. The van der Waals surface area contributed by atoms with Crippen molar-refractivity contribution in [3.63, 3.8) is 0 Å². The zero-order valence-corrected chi connectivity index (χ0v) is 15.7. The highest BCUT2D eigenvalue weighted by molar-refractivity contribution is 6.31. The molecule has 3 aromatic rings. The number of H-pyrrole nitrogens is 1. The average Bonchev–Trinajstić information content (AvgIpc) is 3.06. The van der Waals surface area contributed by atoms with E-state index in [1.165, 1.54) is 14.2 Å². The van der Waals surface area contributed by atoms with E-state index in [-0.39, 0.29) is 5.91 Å². The third-order valence-corrected chi connectivity index (χ3v) is 4.40. The van der Waals surface area contributed by atoms with E-state index in [2.05, 4.69) is 10.3 Å². The summed E-state index contributed by atoms with van der Waals surface area (Å²) >= 11 is 6.03. The molecule has 0 fully saturated rings. The summed E-state index contributed by atoms with van der Waals surface area (Å²) in [6.07, 6.45) is 1.63. The molecule has 2 N–H and O–H groups in total. The van der Waals surface area contributed by atoms with Crippen LogP contribution in [0, 0.1) is 6.92 Å². The van der Waals surface area contributed by atoms with E-state index in [1.54, 1.807) is 31.5 Å². The summed E-state index contributed by atoms with van der Waals surface area (Å²) in [6.45, 7) is 1.90. The summed E-state index contributed by atoms with van der Waals surface area (Å²) in [5.41, 5.74) is 2.69. The number of benzene rings is 2. The van der Waals surface area contributed by atoms with Gasteiger partial charge in [-0.2, -0.15) is 0 Å². The molecule has 0 spiro atoms. The van der Waals surface area contributed by atoms with Gasteiger partial charge in [-0.1, -0.05) is 17.7 Å². The Morgan fingerprint density at radius 2 is 1.81 bits per heavy atom. The number of rotatable bonds is 5. The number of aromatic amines is 1. The van der Waals surface area contributed by atoms with Gasteiger partial charge >= 0.3 is 0 Å². The third kappa shape index (κ3) is 3.04. The SMILES string of the molecule is COc1cc2[nH]cc(C(=O)Nc3cc(Cl)ccc3C)c2c(OC)c1OC. The molecule has 0 aliphatic heterocycles. The van der Waals surface area contributed by atoms with E-state index < -0.39 is 0 Å². The van der Waals surface area contributed by atoms with Crippen LogP contribution in [0.1, 0.15) is 15.9 Å². The van der Waals surface area contributed by atoms with Crippen molar-refractivity contribution in [2.45, 2.75) is 6.92 Å². The van der Waals surface area contributed by atoms with Crippen LogP contribution >= 0.6 is 11.6 Å². The van der Waals surface area contributed by atoms with Gasteiger partial charge in [0.25, 0.3) is 5.91 Å². The Morgan fingerprint density at radius 1 is 1.08 bits per heavy atom. The molecule has 1 heterocycles. The lowest BCUT2D eigenvalue weighted by molar-refractivity contribution is 0.102. The molecule has 1 aromatic heterocycles. The number of hydrogen-bond acceptors (Lipinski definition) is 4. The van der Waals surface area contributed by atoms with E-state index in [4.69, 9.17) is 25.8 Å². The Balaban J connectivity index is 2.10. The van der Waals surface area contributed by atoms with Crippen molar-refractivity contribution in [1.82, 2.24) is 4.98 Å². The second kappa shape index (κ2) is 7.17.